The predicted molar refractivity (Wildman–Crippen MR) is 58.2 cm³/mol. The number of hydrogen-bond donors (Lipinski definition) is 2. The average Bonchev–Trinajstić information content (AvgIpc) is 2.13. The summed E-state index contributed by atoms with van der Waals surface area (Å²) in [7, 11) is 0. The molecule has 0 aromatic carbocycles. The summed E-state index contributed by atoms with van der Waals surface area (Å²) in [5.41, 5.74) is 0. The van der Waals surface area contributed by atoms with Gasteiger partial charge in [-0.3, -0.25) is 0 Å². The van der Waals surface area contributed by atoms with E-state index in [0.29, 0.717) is 12.3 Å². The van der Waals surface area contributed by atoms with Crippen molar-refractivity contribution >= 4 is 0 Å². The molecule has 2 nitrogen and oxygen atoms in total. The molecular weight excluding hydrogens is 219 g/mol. The lowest BCUT2D eigenvalue weighted by Gasteiger charge is -2.17. The van der Waals surface area contributed by atoms with E-state index in [0.717, 1.165) is 13.0 Å². The smallest absolute Gasteiger partial charge is 0.389 e. The highest BCUT2D eigenvalue weighted by molar-refractivity contribution is 4.65. The van der Waals surface area contributed by atoms with Crippen molar-refractivity contribution in [1.29, 1.82) is 0 Å². The van der Waals surface area contributed by atoms with Crippen LogP contribution in [0.4, 0.5) is 13.2 Å². The van der Waals surface area contributed by atoms with Crippen molar-refractivity contribution in [2.45, 2.75) is 51.7 Å². The Morgan fingerprint density at radius 2 is 1.81 bits per heavy atom. The third kappa shape index (κ3) is 10.2. The molecule has 2 N–H and O–H groups in total. The Hall–Kier alpha value is -0.290. The van der Waals surface area contributed by atoms with E-state index in [-0.39, 0.29) is 19.1 Å². The van der Waals surface area contributed by atoms with Gasteiger partial charge in [-0.1, -0.05) is 6.92 Å². The van der Waals surface area contributed by atoms with Crippen molar-refractivity contribution in [3.8, 4) is 0 Å². The fourth-order valence-corrected chi connectivity index (χ4v) is 1.44. The summed E-state index contributed by atoms with van der Waals surface area (Å²) in [6, 6.07) is 0.100. The first-order valence-electron chi connectivity index (χ1n) is 5.76. The van der Waals surface area contributed by atoms with Gasteiger partial charge in [0, 0.05) is 19.1 Å². The monoisotopic (exact) mass is 241 g/mol. The van der Waals surface area contributed by atoms with Crippen LogP contribution >= 0.6 is 0 Å². The zero-order valence-electron chi connectivity index (χ0n) is 9.98. The molecule has 0 saturated heterocycles. The van der Waals surface area contributed by atoms with Crippen molar-refractivity contribution in [3.63, 3.8) is 0 Å². The van der Waals surface area contributed by atoms with Crippen LogP contribution in [0.3, 0.4) is 0 Å². The number of aliphatic hydroxyl groups is 1. The summed E-state index contributed by atoms with van der Waals surface area (Å²) >= 11 is 0. The Bertz CT molecular complexity index is 173. The van der Waals surface area contributed by atoms with Crippen molar-refractivity contribution in [2.75, 3.05) is 13.2 Å². The van der Waals surface area contributed by atoms with Crippen LogP contribution in [0.5, 0.6) is 0 Å². The van der Waals surface area contributed by atoms with Gasteiger partial charge in [0.05, 0.1) is 0 Å². The molecule has 0 fully saturated rings. The van der Waals surface area contributed by atoms with Crippen LogP contribution in [-0.4, -0.2) is 30.5 Å². The van der Waals surface area contributed by atoms with Crippen LogP contribution in [-0.2, 0) is 0 Å². The number of alkyl halides is 3. The normalized spacial score (nSPS) is 16.1. The molecule has 2 unspecified atom stereocenters. The Morgan fingerprint density at radius 3 is 2.31 bits per heavy atom. The number of nitrogens with one attached hydrogen (secondary N) is 1. The van der Waals surface area contributed by atoms with Crippen LogP contribution < -0.4 is 5.32 Å². The molecule has 0 aliphatic carbocycles. The Labute approximate surface area is 95.2 Å². The molecule has 16 heavy (non-hydrogen) atoms. The summed E-state index contributed by atoms with van der Waals surface area (Å²) in [4.78, 5) is 0. The number of halogens is 3. The molecule has 0 rings (SSSR count). The van der Waals surface area contributed by atoms with Crippen molar-refractivity contribution in [2.24, 2.45) is 5.92 Å². The van der Waals surface area contributed by atoms with Gasteiger partial charge in [0.2, 0.25) is 0 Å². The maximum absolute atomic E-state index is 11.9. The van der Waals surface area contributed by atoms with E-state index in [1.54, 1.807) is 0 Å². The van der Waals surface area contributed by atoms with Gasteiger partial charge < -0.3 is 10.4 Å². The minimum absolute atomic E-state index is 0.100. The van der Waals surface area contributed by atoms with Gasteiger partial charge in [0.15, 0.2) is 0 Å². The molecule has 0 bridgehead atoms. The molecule has 0 amide bonds. The summed E-state index contributed by atoms with van der Waals surface area (Å²) in [5.74, 6) is 0.357. The highest BCUT2D eigenvalue weighted by atomic mass is 19.4. The maximum atomic E-state index is 11.9. The zero-order chi connectivity index (χ0) is 12.6. The van der Waals surface area contributed by atoms with E-state index in [2.05, 4.69) is 5.32 Å². The fourth-order valence-electron chi connectivity index (χ4n) is 1.44. The molecule has 0 aromatic rings. The second-order valence-corrected chi connectivity index (χ2v) is 4.43. The second kappa shape index (κ2) is 7.90. The van der Waals surface area contributed by atoms with E-state index < -0.39 is 12.6 Å². The molecule has 0 aliphatic rings. The van der Waals surface area contributed by atoms with E-state index >= 15 is 0 Å². The number of aliphatic hydroxyl groups excluding tert-OH is 1. The first-order valence-corrected chi connectivity index (χ1v) is 5.76. The standard InChI is InChI=1S/C11H22F3NO/c1-9(5-7-16)8-15-10(2)4-3-6-11(12,13)14/h9-10,15-16H,3-8H2,1-2H3. The van der Waals surface area contributed by atoms with Crippen LogP contribution in [0, 0.1) is 5.92 Å². The summed E-state index contributed by atoms with van der Waals surface area (Å²) < 4.78 is 35.6. The molecule has 2 atom stereocenters. The Balaban J connectivity index is 3.48. The molecule has 5 heteroatoms. The third-order valence-electron chi connectivity index (χ3n) is 2.53. The number of rotatable bonds is 8. The second-order valence-electron chi connectivity index (χ2n) is 4.43. The summed E-state index contributed by atoms with van der Waals surface area (Å²) in [6.07, 6.45) is -3.31. The molecule has 0 aliphatic heterocycles. The largest absolute Gasteiger partial charge is 0.396 e. The highest BCUT2D eigenvalue weighted by Crippen LogP contribution is 2.22. The van der Waals surface area contributed by atoms with Crippen LogP contribution in [0.2, 0.25) is 0 Å². The quantitative estimate of drug-likeness (QED) is 0.685. The van der Waals surface area contributed by atoms with Gasteiger partial charge in [0.1, 0.15) is 0 Å². The highest BCUT2D eigenvalue weighted by Gasteiger charge is 2.26. The number of hydrogen-bond acceptors (Lipinski definition) is 2. The lowest BCUT2D eigenvalue weighted by molar-refractivity contribution is -0.135. The third-order valence-corrected chi connectivity index (χ3v) is 2.53. The fraction of sp³-hybridized carbons (Fsp3) is 1.00. The lowest BCUT2D eigenvalue weighted by Crippen LogP contribution is -2.30. The molecule has 0 aromatic heterocycles. The first kappa shape index (κ1) is 15.7. The van der Waals surface area contributed by atoms with Gasteiger partial charge >= 0.3 is 6.18 Å². The minimum atomic E-state index is -4.04. The van der Waals surface area contributed by atoms with Crippen molar-refractivity contribution < 1.29 is 18.3 Å². The van der Waals surface area contributed by atoms with Gasteiger partial charge in [-0.2, -0.15) is 13.2 Å². The first-order chi connectivity index (χ1) is 7.35. The van der Waals surface area contributed by atoms with E-state index in [1.807, 2.05) is 13.8 Å². The summed E-state index contributed by atoms with van der Waals surface area (Å²) in [5, 5.41) is 11.9. The maximum Gasteiger partial charge on any atom is 0.389 e. The minimum Gasteiger partial charge on any atom is -0.396 e. The van der Waals surface area contributed by atoms with Crippen LogP contribution in [0.25, 0.3) is 0 Å². The van der Waals surface area contributed by atoms with Crippen molar-refractivity contribution in [1.82, 2.24) is 5.32 Å². The molecule has 0 saturated carbocycles. The van der Waals surface area contributed by atoms with Gasteiger partial charge in [-0.25, -0.2) is 0 Å². The van der Waals surface area contributed by atoms with E-state index in [9.17, 15) is 13.2 Å². The lowest BCUT2D eigenvalue weighted by atomic mass is 10.1. The van der Waals surface area contributed by atoms with E-state index in [4.69, 9.17) is 5.11 Å². The SMILES string of the molecule is CC(CCO)CNC(C)CCCC(F)(F)F. The summed E-state index contributed by atoms with van der Waals surface area (Å²) in [6.45, 7) is 4.80. The van der Waals surface area contributed by atoms with Crippen LogP contribution in [0.15, 0.2) is 0 Å². The molecule has 98 valence electrons. The molecule has 0 radical (unpaired) electrons. The molecular formula is C11H22F3NO. The van der Waals surface area contributed by atoms with Gasteiger partial charge in [-0.15, -0.1) is 0 Å². The Morgan fingerprint density at radius 1 is 1.19 bits per heavy atom. The van der Waals surface area contributed by atoms with Crippen molar-refractivity contribution in [3.05, 3.63) is 0 Å². The van der Waals surface area contributed by atoms with Gasteiger partial charge in [0.25, 0.3) is 0 Å². The van der Waals surface area contributed by atoms with Gasteiger partial charge in [-0.05, 0) is 38.6 Å². The van der Waals surface area contributed by atoms with Crippen LogP contribution in [0.1, 0.15) is 39.5 Å². The zero-order valence-corrected chi connectivity index (χ0v) is 9.98. The Kier molecular flexibility index (Phi) is 7.76. The van der Waals surface area contributed by atoms with E-state index in [1.165, 1.54) is 0 Å². The topological polar surface area (TPSA) is 32.3 Å². The average molecular weight is 241 g/mol. The predicted octanol–water partition coefficient (Wildman–Crippen LogP) is 2.72. The molecule has 0 spiro atoms. The molecule has 0 heterocycles.